The van der Waals surface area contributed by atoms with Crippen LogP contribution in [0.25, 0.3) is 0 Å². The average molecular weight is 609 g/mol. The molecular weight excluding hydrogens is 548 g/mol. The molecule has 0 spiro atoms. The molecular formula is C31H60O11. The minimum Gasteiger partial charge on any atom is -0.478 e. The molecule has 0 unspecified atom stereocenters. The molecule has 250 valence electrons. The van der Waals surface area contributed by atoms with Crippen LogP contribution < -0.4 is 0 Å². The van der Waals surface area contributed by atoms with Crippen molar-refractivity contribution >= 4 is 5.97 Å². The van der Waals surface area contributed by atoms with E-state index in [0.29, 0.717) is 118 Å². The van der Waals surface area contributed by atoms with E-state index in [-0.39, 0.29) is 0 Å². The molecule has 11 nitrogen and oxygen atoms in total. The zero-order valence-corrected chi connectivity index (χ0v) is 26.3. The van der Waals surface area contributed by atoms with Gasteiger partial charge in [-0.3, -0.25) is 0 Å². The first-order valence-corrected chi connectivity index (χ1v) is 15.7. The predicted molar refractivity (Wildman–Crippen MR) is 161 cm³/mol. The zero-order valence-electron chi connectivity index (χ0n) is 26.3. The first-order chi connectivity index (χ1) is 20.7. The van der Waals surface area contributed by atoms with E-state index < -0.39 is 5.97 Å². The van der Waals surface area contributed by atoms with E-state index in [0.717, 1.165) is 25.9 Å². The number of rotatable bonds is 37. The maximum atomic E-state index is 10.7. The number of unbranched alkanes of at least 4 members (excludes halogenated alkanes) is 8. The number of hydrogen-bond acceptors (Lipinski definition) is 10. The molecule has 42 heavy (non-hydrogen) atoms. The molecule has 0 saturated carbocycles. The normalized spacial score (nSPS) is 11.4. The van der Waals surface area contributed by atoms with Crippen LogP contribution in [0, 0.1) is 0 Å². The Balaban J connectivity index is 3.06. The Morgan fingerprint density at radius 2 is 0.690 bits per heavy atom. The topological polar surface area (TPSA) is 120 Å². The zero-order chi connectivity index (χ0) is 30.6. The molecule has 1 N–H and O–H groups in total. The third-order valence-corrected chi connectivity index (χ3v) is 6.11. The molecule has 0 saturated heterocycles. The summed E-state index contributed by atoms with van der Waals surface area (Å²) < 4.78 is 48.6. The van der Waals surface area contributed by atoms with E-state index in [1.54, 1.807) is 7.11 Å². The maximum absolute atomic E-state index is 10.7. The summed E-state index contributed by atoms with van der Waals surface area (Å²) in [7, 11) is 1.65. The highest BCUT2D eigenvalue weighted by atomic mass is 16.6. The second kappa shape index (κ2) is 36.0. The third-order valence-electron chi connectivity index (χ3n) is 6.11. The van der Waals surface area contributed by atoms with Crippen LogP contribution in [0.15, 0.2) is 12.2 Å². The highest BCUT2D eigenvalue weighted by Crippen LogP contribution is 2.12. The van der Waals surface area contributed by atoms with Crippen molar-refractivity contribution in [2.24, 2.45) is 0 Å². The van der Waals surface area contributed by atoms with Crippen LogP contribution in [0.5, 0.6) is 0 Å². The average Bonchev–Trinajstić information content (AvgIpc) is 2.99. The molecule has 0 aliphatic rings. The quantitative estimate of drug-likeness (QED) is 0.0803. The summed E-state index contributed by atoms with van der Waals surface area (Å²) in [5.41, 5.74) is 0.322. The number of carboxylic acid groups (broad SMARTS) is 1. The van der Waals surface area contributed by atoms with E-state index in [2.05, 4.69) is 6.58 Å². The summed E-state index contributed by atoms with van der Waals surface area (Å²) in [6, 6.07) is 0. The van der Waals surface area contributed by atoms with Gasteiger partial charge in [0.05, 0.1) is 106 Å². The van der Waals surface area contributed by atoms with Gasteiger partial charge in [0.1, 0.15) is 0 Å². The van der Waals surface area contributed by atoms with Gasteiger partial charge in [0, 0.05) is 19.3 Å². The SMILES string of the molecule is C=C(CCCCCCCCCCCOCCOCCOCCOCCOCCOCCOCCOCCOC)C(=O)O. The standard InChI is InChI=1S/C31H60O11/c1-30(31(32)33)12-10-8-6-4-3-5-7-9-11-13-35-16-17-37-20-21-39-24-25-41-28-29-42-27-26-40-23-22-38-19-18-36-15-14-34-2/h1,3-29H2,2H3,(H,32,33). The molecule has 0 aromatic heterocycles. The number of methoxy groups -OCH3 is 1. The number of carbonyl (C=O) groups is 1. The molecule has 0 aliphatic heterocycles. The summed E-state index contributed by atoms with van der Waals surface area (Å²) in [6.07, 6.45) is 11.0. The molecule has 0 amide bonds. The molecule has 0 heterocycles. The second-order valence-corrected chi connectivity index (χ2v) is 9.73. The van der Waals surface area contributed by atoms with Crippen LogP contribution in [0.1, 0.15) is 64.2 Å². The van der Waals surface area contributed by atoms with Crippen LogP contribution in [0.3, 0.4) is 0 Å². The van der Waals surface area contributed by atoms with Gasteiger partial charge in [-0.15, -0.1) is 0 Å². The Bertz CT molecular complexity index is 563. The summed E-state index contributed by atoms with van der Waals surface area (Å²) in [5.74, 6) is -0.873. The lowest BCUT2D eigenvalue weighted by Crippen LogP contribution is -2.15. The number of carboxylic acids is 1. The summed E-state index contributed by atoms with van der Waals surface area (Å²) in [6.45, 7) is 13.2. The summed E-state index contributed by atoms with van der Waals surface area (Å²) >= 11 is 0. The highest BCUT2D eigenvalue weighted by Gasteiger charge is 2.02. The van der Waals surface area contributed by atoms with Gasteiger partial charge >= 0.3 is 5.97 Å². The smallest absolute Gasteiger partial charge is 0.330 e. The fourth-order valence-electron chi connectivity index (χ4n) is 3.67. The molecule has 11 heteroatoms. The Morgan fingerprint density at radius 1 is 0.429 bits per heavy atom. The van der Waals surface area contributed by atoms with Crippen molar-refractivity contribution in [2.45, 2.75) is 64.2 Å². The first-order valence-electron chi connectivity index (χ1n) is 15.7. The maximum Gasteiger partial charge on any atom is 0.330 e. The van der Waals surface area contributed by atoms with Gasteiger partial charge in [-0.2, -0.15) is 0 Å². The lowest BCUT2D eigenvalue weighted by atomic mass is 10.0. The molecule has 0 radical (unpaired) electrons. The molecule has 0 aromatic carbocycles. The van der Waals surface area contributed by atoms with Gasteiger partial charge in [-0.05, 0) is 19.3 Å². The van der Waals surface area contributed by atoms with Crippen LogP contribution in [-0.2, 0) is 47.4 Å². The van der Waals surface area contributed by atoms with E-state index >= 15 is 0 Å². The Kier molecular flexibility index (Phi) is 35.1. The number of hydrogen-bond donors (Lipinski definition) is 1. The fraction of sp³-hybridized carbons (Fsp3) is 0.903. The van der Waals surface area contributed by atoms with E-state index in [4.69, 9.17) is 47.7 Å². The van der Waals surface area contributed by atoms with E-state index in [1.807, 2.05) is 0 Å². The summed E-state index contributed by atoms with van der Waals surface area (Å²) in [4.78, 5) is 10.7. The first kappa shape index (κ1) is 40.9. The number of aliphatic carboxylic acids is 1. The van der Waals surface area contributed by atoms with Gasteiger partial charge in [0.25, 0.3) is 0 Å². The molecule has 0 aromatic rings. The van der Waals surface area contributed by atoms with Crippen LogP contribution in [0.2, 0.25) is 0 Å². The minimum atomic E-state index is -0.873. The Labute approximate surface area is 254 Å². The molecule has 0 rings (SSSR count). The van der Waals surface area contributed by atoms with Gasteiger partial charge in [0.2, 0.25) is 0 Å². The van der Waals surface area contributed by atoms with Crippen LogP contribution >= 0.6 is 0 Å². The van der Waals surface area contributed by atoms with Gasteiger partial charge in [0.15, 0.2) is 0 Å². The molecule has 0 aliphatic carbocycles. The third kappa shape index (κ3) is 35.0. The van der Waals surface area contributed by atoms with Crippen LogP contribution in [0.4, 0.5) is 0 Å². The Hall–Kier alpha value is -1.15. The lowest BCUT2D eigenvalue weighted by Gasteiger charge is -2.08. The van der Waals surface area contributed by atoms with Gasteiger partial charge in [-0.1, -0.05) is 51.5 Å². The van der Waals surface area contributed by atoms with Crippen molar-refractivity contribution in [3.05, 3.63) is 12.2 Å². The van der Waals surface area contributed by atoms with Crippen molar-refractivity contribution in [1.29, 1.82) is 0 Å². The van der Waals surface area contributed by atoms with Gasteiger partial charge in [-0.25, -0.2) is 4.79 Å². The largest absolute Gasteiger partial charge is 0.478 e. The van der Waals surface area contributed by atoms with Gasteiger partial charge < -0.3 is 47.7 Å². The Morgan fingerprint density at radius 3 is 1.00 bits per heavy atom. The van der Waals surface area contributed by atoms with Crippen molar-refractivity contribution in [3.8, 4) is 0 Å². The van der Waals surface area contributed by atoms with Crippen LogP contribution in [-0.4, -0.2) is 131 Å². The number of ether oxygens (including phenoxy) is 9. The second-order valence-electron chi connectivity index (χ2n) is 9.73. The molecule has 0 atom stereocenters. The van der Waals surface area contributed by atoms with Crippen molar-refractivity contribution < 1.29 is 52.5 Å². The van der Waals surface area contributed by atoms with E-state index in [9.17, 15) is 4.79 Å². The van der Waals surface area contributed by atoms with E-state index in [1.165, 1.54) is 38.5 Å². The minimum absolute atomic E-state index is 0.322. The van der Waals surface area contributed by atoms with Crippen molar-refractivity contribution in [3.63, 3.8) is 0 Å². The summed E-state index contributed by atoms with van der Waals surface area (Å²) in [5, 5.41) is 8.77. The monoisotopic (exact) mass is 608 g/mol. The van der Waals surface area contributed by atoms with Crippen molar-refractivity contribution in [2.75, 3.05) is 119 Å². The fourth-order valence-corrected chi connectivity index (χ4v) is 3.67. The van der Waals surface area contributed by atoms with Crippen molar-refractivity contribution in [1.82, 2.24) is 0 Å². The molecule has 0 bridgehead atoms. The predicted octanol–water partition coefficient (Wildman–Crippen LogP) is 4.31. The molecule has 0 fully saturated rings. The highest BCUT2D eigenvalue weighted by molar-refractivity contribution is 5.85. The lowest BCUT2D eigenvalue weighted by molar-refractivity contribution is -0.132.